The van der Waals surface area contributed by atoms with Gasteiger partial charge in [-0.3, -0.25) is 9.79 Å². The lowest BCUT2D eigenvalue weighted by atomic mass is 10.0. The van der Waals surface area contributed by atoms with Crippen molar-refractivity contribution in [3.63, 3.8) is 0 Å². The maximum atomic E-state index is 13.1. The molecular formula is C24H37N3O8S. The van der Waals surface area contributed by atoms with Gasteiger partial charge in [-0.25, -0.2) is 4.79 Å². The van der Waals surface area contributed by atoms with Gasteiger partial charge in [0.1, 0.15) is 34.4 Å². The molecule has 202 valence electrons. The Morgan fingerprint density at radius 1 is 1.19 bits per heavy atom. The van der Waals surface area contributed by atoms with Crippen LogP contribution in [0, 0.1) is 0 Å². The molecule has 1 aliphatic heterocycles. The van der Waals surface area contributed by atoms with E-state index in [-0.39, 0.29) is 12.5 Å². The molecule has 2 N–H and O–H groups in total. The van der Waals surface area contributed by atoms with Gasteiger partial charge in [-0.05, 0) is 27.2 Å². The first-order chi connectivity index (χ1) is 17.3. The van der Waals surface area contributed by atoms with Crippen molar-refractivity contribution >= 4 is 28.4 Å². The highest BCUT2D eigenvalue weighted by Gasteiger charge is 2.40. The van der Waals surface area contributed by atoms with Gasteiger partial charge in [0.25, 0.3) is 0 Å². The lowest BCUT2D eigenvalue weighted by molar-refractivity contribution is -0.125. The zero-order valence-corrected chi connectivity index (χ0v) is 22.2. The average molecular weight is 528 g/mol. The Balaban J connectivity index is 1.92. The number of ether oxygens (including phenoxy) is 4. The van der Waals surface area contributed by atoms with E-state index in [1.54, 1.807) is 19.9 Å². The summed E-state index contributed by atoms with van der Waals surface area (Å²) in [6.45, 7) is 10.4. The minimum Gasteiger partial charge on any atom is -0.491 e. The van der Waals surface area contributed by atoms with Crippen molar-refractivity contribution < 1.29 is 33.4 Å². The Morgan fingerprint density at radius 3 is 2.50 bits per heavy atom. The number of carbonyl (C=O) groups is 1. The summed E-state index contributed by atoms with van der Waals surface area (Å²) in [6, 6.07) is 2.34. The van der Waals surface area contributed by atoms with Gasteiger partial charge in [0.15, 0.2) is 0 Å². The van der Waals surface area contributed by atoms with E-state index >= 15 is 0 Å². The third kappa shape index (κ3) is 9.57. The largest absolute Gasteiger partial charge is 0.491 e. The third-order valence-corrected chi connectivity index (χ3v) is 6.59. The van der Waals surface area contributed by atoms with E-state index in [0.29, 0.717) is 74.1 Å². The Morgan fingerprint density at radius 2 is 1.86 bits per heavy atom. The molecule has 1 aromatic rings. The molecule has 0 bridgehead atoms. The van der Waals surface area contributed by atoms with Crippen LogP contribution in [0.2, 0.25) is 0 Å². The van der Waals surface area contributed by atoms with Gasteiger partial charge in [-0.15, -0.1) is 11.8 Å². The Labute approximate surface area is 215 Å². The highest BCUT2D eigenvalue weighted by Crippen LogP contribution is 2.30. The Kier molecular flexibility index (Phi) is 13.0. The van der Waals surface area contributed by atoms with Crippen molar-refractivity contribution in [2.45, 2.75) is 52.1 Å². The monoisotopic (exact) mass is 527 g/mol. The van der Waals surface area contributed by atoms with Crippen LogP contribution in [-0.4, -0.2) is 79.4 Å². The molecule has 11 nitrogen and oxygen atoms in total. The number of hydrogen-bond acceptors (Lipinski definition) is 11. The molecule has 0 unspecified atom stereocenters. The second-order valence-electron chi connectivity index (χ2n) is 8.26. The topological polar surface area (TPSA) is 141 Å². The minimum atomic E-state index is -1.03. The van der Waals surface area contributed by atoms with E-state index in [2.05, 4.69) is 15.5 Å². The van der Waals surface area contributed by atoms with Crippen molar-refractivity contribution in [1.82, 2.24) is 5.32 Å². The number of carbonyl (C=O) groups excluding carboxylic acids is 1. The maximum absolute atomic E-state index is 13.1. The summed E-state index contributed by atoms with van der Waals surface area (Å²) in [5.41, 5.74) is -1.24. The molecule has 1 amide bonds. The summed E-state index contributed by atoms with van der Waals surface area (Å²) in [5, 5.41) is 15.6. The number of aliphatic imine (C=N–C) groups is 1. The normalized spacial score (nSPS) is 18.7. The molecule has 1 aromatic heterocycles. The van der Waals surface area contributed by atoms with Crippen LogP contribution in [0.4, 0.5) is 0 Å². The van der Waals surface area contributed by atoms with Crippen LogP contribution in [0.15, 0.2) is 31.5 Å². The van der Waals surface area contributed by atoms with Gasteiger partial charge >= 0.3 is 5.63 Å². The molecule has 0 fully saturated rings. The number of amides is 1. The van der Waals surface area contributed by atoms with Crippen molar-refractivity contribution in [1.29, 1.82) is 0 Å². The third-order valence-electron chi connectivity index (χ3n) is 5.22. The minimum absolute atomic E-state index is 0.241. The molecule has 1 aliphatic rings. The van der Waals surface area contributed by atoms with Gasteiger partial charge in [0.05, 0.1) is 45.1 Å². The molecule has 0 aromatic carbocycles. The second kappa shape index (κ2) is 15.6. The van der Waals surface area contributed by atoms with Crippen molar-refractivity contribution in [3.8, 4) is 5.75 Å². The highest BCUT2D eigenvalue weighted by molar-refractivity contribution is 8.16. The smallest absolute Gasteiger partial charge is 0.339 e. The van der Waals surface area contributed by atoms with E-state index in [1.165, 1.54) is 17.8 Å². The standard InChI is InChI=1S/C24H37N3O8S/c1-5-7-19(25-23(29)24(4)16-36-22(26-24)17(3)27-30)20-14-18(15-21(28)35-20)34-13-12-33-11-10-32-9-8-31-6-2/h14-15,19,30H,5-13,16H2,1-4H3,(H,25,29)/b27-17+/t19-,24+/m1/s1. The summed E-state index contributed by atoms with van der Waals surface area (Å²) in [5.74, 6) is 0.749. The fourth-order valence-electron chi connectivity index (χ4n) is 3.26. The molecule has 2 heterocycles. The van der Waals surface area contributed by atoms with Gasteiger partial charge in [-0.2, -0.15) is 0 Å². The SMILES string of the molecule is CCC[C@@H](NC(=O)[C@]1(C)CSC(/C(C)=N/O)=N1)c1cc(OCCOCCOCCOCC)cc(=O)o1. The van der Waals surface area contributed by atoms with Crippen molar-refractivity contribution in [2.75, 3.05) is 52.0 Å². The van der Waals surface area contributed by atoms with E-state index in [9.17, 15) is 9.59 Å². The molecule has 0 radical (unpaired) electrons. The van der Waals surface area contributed by atoms with E-state index in [0.717, 1.165) is 6.42 Å². The van der Waals surface area contributed by atoms with Gasteiger partial charge in [-0.1, -0.05) is 18.5 Å². The first-order valence-electron chi connectivity index (χ1n) is 12.1. The molecule has 12 heteroatoms. The lowest BCUT2D eigenvalue weighted by Gasteiger charge is -2.24. The Bertz CT molecular complexity index is 952. The van der Waals surface area contributed by atoms with Crippen LogP contribution in [0.5, 0.6) is 5.75 Å². The van der Waals surface area contributed by atoms with Gasteiger partial charge in [0, 0.05) is 18.4 Å². The molecule has 0 spiro atoms. The molecule has 2 rings (SSSR count). The molecule has 36 heavy (non-hydrogen) atoms. The number of nitrogens with one attached hydrogen (secondary N) is 1. The van der Waals surface area contributed by atoms with Gasteiger partial charge in [0.2, 0.25) is 5.91 Å². The molecule has 0 aliphatic carbocycles. The maximum Gasteiger partial charge on any atom is 0.339 e. The first kappa shape index (κ1) is 29.8. The predicted octanol–water partition coefficient (Wildman–Crippen LogP) is 2.80. The highest BCUT2D eigenvalue weighted by atomic mass is 32.2. The van der Waals surface area contributed by atoms with E-state index in [1.807, 2.05) is 13.8 Å². The summed E-state index contributed by atoms with van der Waals surface area (Å²) in [7, 11) is 0. The fraction of sp³-hybridized carbons (Fsp3) is 0.667. The second-order valence-corrected chi connectivity index (χ2v) is 9.23. The van der Waals surface area contributed by atoms with Gasteiger partial charge < -0.3 is 33.9 Å². The molecule has 0 saturated carbocycles. The van der Waals surface area contributed by atoms with Crippen molar-refractivity contribution in [2.24, 2.45) is 10.1 Å². The summed E-state index contributed by atoms with van der Waals surface area (Å²) >= 11 is 1.35. The molecule has 0 saturated heterocycles. The summed E-state index contributed by atoms with van der Waals surface area (Å²) in [6.07, 6.45) is 1.30. The van der Waals surface area contributed by atoms with Crippen LogP contribution < -0.4 is 15.7 Å². The predicted molar refractivity (Wildman–Crippen MR) is 138 cm³/mol. The number of rotatable bonds is 17. The quantitative estimate of drug-likeness (QED) is 0.135. The van der Waals surface area contributed by atoms with Crippen LogP contribution in [0.25, 0.3) is 0 Å². The Hall–Kier alpha value is -2.41. The number of oxime groups is 1. The number of nitrogens with zero attached hydrogens (tertiary/aromatic N) is 2. The summed E-state index contributed by atoms with van der Waals surface area (Å²) < 4.78 is 27.1. The fourth-order valence-corrected chi connectivity index (χ4v) is 4.39. The molecule has 2 atom stereocenters. The average Bonchev–Trinajstić information content (AvgIpc) is 3.27. The lowest BCUT2D eigenvalue weighted by Crippen LogP contribution is -2.45. The van der Waals surface area contributed by atoms with E-state index in [4.69, 9.17) is 28.6 Å². The van der Waals surface area contributed by atoms with Crippen LogP contribution in [0.1, 0.15) is 52.3 Å². The van der Waals surface area contributed by atoms with Crippen LogP contribution >= 0.6 is 11.8 Å². The summed E-state index contributed by atoms with van der Waals surface area (Å²) in [4.78, 5) is 29.7. The molecular weight excluding hydrogens is 490 g/mol. The zero-order chi connectivity index (χ0) is 26.4. The number of hydrogen-bond donors (Lipinski definition) is 2. The van der Waals surface area contributed by atoms with Crippen LogP contribution in [-0.2, 0) is 19.0 Å². The van der Waals surface area contributed by atoms with Crippen LogP contribution in [0.3, 0.4) is 0 Å². The zero-order valence-electron chi connectivity index (χ0n) is 21.4. The number of thioether (sulfide) groups is 1. The van der Waals surface area contributed by atoms with Crippen molar-refractivity contribution in [3.05, 3.63) is 28.3 Å². The first-order valence-corrected chi connectivity index (χ1v) is 13.0. The van der Waals surface area contributed by atoms with E-state index < -0.39 is 17.2 Å².